The van der Waals surface area contributed by atoms with Gasteiger partial charge in [0, 0.05) is 44.8 Å². The average Bonchev–Trinajstić information content (AvgIpc) is 3.22. The Kier molecular flexibility index (Phi) is 8.30. The lowest BCUT2D eigenvalue weighted by atomic mass is 10.1. The van der Waals surface area contributed by atoms with Gasteiger partial charge in [0.25, 0.3) is 5.89 Å². The van der Waals surface area contributed by atoms with Gasteiger partial charge >= 0.3 is 0 Å². The topological polar surface area (TPSA) is 88.3 Å². The summed E-state index contributed by atoms with van der Waals surface area (Å²) in [6.45, 7) is 3.63. The second kappa shape index (κ2) is 11.1. The molecule has 0 atom stereocenters. The van der Waals surface area contributed by atoms with Gasteiger partial charge in [-0.05, 0) is 18.9 Å². The zero-order chi connectivity index (χ0) is 21.3. The lowest BCUT2D eigenvalue weighted by Crippen LogP contribution is -2.36. The molecule has 0 N–H and O–H groups in total. The van der Waals surface area contributed by atoms with Crippen LogP contribution in [0.2, 0.25) is 0 Å². The molecule has 1 aromatic heterocycles. The van der Waals surface area contributed by atoms with Gasteiger partial charge in [0.2, 0.25) is 0 Å². The molecule has 1 saturated heterocycles. The van der Waals surface area contributed by atoms with Crippen LogP contribution >= 0.6 is 0 Å². The van der Waals surface area contributed by atoms with E-state index in [-0.39, 0.29) is 6.10 Å². The fourth-order valence-electron chi connectivity index (χ4n) is 3.58. The second-order valence-corrected chi connectivity index (χ2v) is 7.15. The Labute approximate surface area is 177 Å². The summed E-state index contributed by atoms with van der Waals surface area (Å²) < 4.78 is 32.4. The second-order valence-electron chi connectivity index (χ2n) is 7.15. The van der Waals surface area contributed by atoms with E-state index >= 15 is 0 Å². The van der Waals surface area contributed by atoms with Gasteiger partial charge in [-0.2, -0.15) is 4.98 Å². The van der Waals surface area contributed by atoms with Gasteiger partial charge in [0.15, 0.2) is 17.3 Å². The van der Waals surface area contributed by atoms with Crippen molar-refractivity contribution in [3.63, 3.8) is 0 Å². The molecule has 0 aliphatic carbocycles. The molecule has 0 bridgehead atoms. The van der Waals surface area contributed by atoms with Crippen molar-refractivity contribution in [2.24, 2.45) is 0 Å². The molecule has 0 radical (unpaired) electrons. The summed E-state index contributed by atoms with van der Waals surface area (Å²) in [5, 5.41) is 3.93. The van der Waals surface area contributed by atoms with Crippen LogP contribution in [-0.4, -0.2) is 69.3 Å². The highest BCUT2D eigenvalue weighted by Crippen LogP contribution is 2.35. The van der Waals surface area contributed by atoms with Crippen LogP contribution in [0.3, 0.4) is 0 Å². The van der Waals surface area contributed by atoms with Crippen LogP contribution in [0.4, 0.5) is 0 Å². The molecular weight excluding hydrogens is 390 g/mol. The van der Waals surface area contributed by atoms with E-state index in [1.165, 1.54) is 0 Å². The van der Waals surface area contributed by atoms with Crippen molar-refractivity contribution < 1.29 is 28.2 Å². The number of hydrogen-bond donors (Lipinski definition) is 0. The molecule has 2 heterocycles. The monoisotopic (exact) mass is 421 g/mol. The molecule has 166 valence electrons. The molecule has 9 heteroatoms. The Morgan fingerprint density at radius 1 is 1.00 bits per heavy atom. The maximum Gasteiger partial charge on any atom is 0.252 e. The van der Waals surface area contributed by atoms with Gasteiger partial charge < -0.3 is 28.2 Å². The summed E-state index contributed by atoms with van der Waals surface area (Å²) in [5.74, 6) is 3.33. The highest BCUT2D eigenvalue weighted by atomic mass is 16.5. The van der Waals surface area contributed by atoms with Crippen LogP contribution in [-0.2, 0) is 29.0 Å². The third-order valence-corrected chi connectivity index (χ3v) is 5.17. The summed E-state index contributed by atoms with van der Waals surface area (Å²) in [6, 6.07) is 3.86. The first-order chi connectivity index (χ1) is 14.7. The van der Waals surface area contributed by atoms with E-state index in [1.54, 1.807) is 28.4 Å². The number of rotatable bonds is 11. The highest BCUT2D eigenvalue weighted by molar-refractivity contribution is 5.50. The van der Waals surface area contributed by atoms with Gasteiger partial charge in [0.05, 0.1) is 34.0 Å². The molecule has 0 saturated carbocycles. The van der Waals surface area contributed by atoms with E-state index in [0.717, 1.165) is 43.8 Å². The van der Waals surface area contributed by atoms with Crippen molar-refractivity contribution in [3.05, 3.63) is 29.4 Å². The van der Waals surface area contributed by atoms with Crippen molar-refractivity contribution in [2.45, 2.75) is 38.5 Å². The maximum absolute atomic E-state index is 6.03. The van der Waals surface area contributed by atoms with Crippen molar-refractivity contribution in [1.82, 2.24) is 15.0 Å². The summed E-state index contributed by atoms with van der Waals surface area (Å²) >= 11 is 0. The number of ether oxygens (including phenoxy) is 5. The Hall–Kier alpha value is -2.36. The normalized spacial score (nSPS) is 15.3. The Balaban J connectivity index is 1.45. The predicted molar refractivity (Wildman–Crippen MR) is 109 cm³/mol. The SMILES string of the molecule is COCc1nc(CCOC2CCN(Cc3cc(OC)c(OC)cc3OC)CC2)no1. The Bertz CT molecular complexity index is 789. The number of benzene rings is 1. The molecule has 0 unspecified atom stereocenters. The van der Waals surface area contributed by atoms with Crippen LogP contribution in [0.5, 0.6) is 17.2 Å². The average molecular weight is 421 g/mol. The number of aromatic nitrogens is 2. The van der Waals surface area contributed by atoms with E-state index in [1.807, 2.05) is 12.1 Å². The Morgan fingerprint density at radius 2 is 1.70 bits per heavy atom. The fourth-order valence-corrected chi connectivity index (χ4v) is 3.58. The third kappa shape index (κ3) is 5.84. The van der Waals surface area contributed by atoms with Gasteiger partial charge in [-0.1, -0.05) is 5.16 Å². The van der Waals surface area contributed by atoms with E-state index in [9.17, 15) is 0 Å². The standard InChI is InChI=1S/C21H31N3O6/c1-25-14-21-22-20(23-30-21)7-10-29-16-5-8-24(9-6-16)13-15-11-18(27-3)19(28-4)12-17(15)26-2/h11-12,16H,5-10,13-14H2,1-4H3. The lowest BCUT2D eigenvalue weighted by Gasteiger charge is -2.32. The third-order valence-electron chi connectivity index (χ3n) is 5.17. The predicted octanol–water partition coefficient (Wildman–Crippen LogP) is 2.47. The molecule has 2 aromatic rings. The van der Waals surface area contributed by atoms with E-state index in [2.05, 4.69) is 15.0 Å². The number of hydrogen-bond acceptors (Lipinski definition) is 9. The molecule has 1 aliphatic heterocycles. The minimum absolute atomic E-state index is 0.249. The van der Waals surface area contributed by atoms with Crippen LogP contribution in [0.1, 0.15) is 30.1 Å². The minimum Gasteiger partial charge on any atom is -0.496 e. The number of likely N-dealkylation sites (tertiary alicyclic amines) is 1. The summed E-state index contributed by atoms with van der Waals surface area (Å²) in [7, 11) is 6.54. The molecule has 9 nitrogen and oxygen atoms in total. The van der Waals surface area contributed by atoms with Crippen molar-refractivity contribution in [2.75, 3.05) is 48.1 Å². The van der Waals surface area contributed by atoms with Crippen molar-refractivity contribution >= 4 is 0 Å². The van der Waals surface area contributed by atoms with Gasteiger partial charge in [-0.25, -0.2) is 0 Å². The number of methoxy groups -OCH3 is 4. The highest BCUT2D eigenvalue weighted by Gasteiger charge is 2.22. The van der Waals surface area contributed by atoms with Crippen molar-refractivity contribution in [3.8, 4) is 17.2 Å². The Morgan fingerprint density at radius 3 is 2.37 bits per heavy atom. The van der Waals surface area contributed by atoms with Crippen LogP contribution < -0.4 is 14.2 Å². The lowest BCUT2D eigenvalue weighted by molar-refractivity contribution is 0.00664. The van der Waals surface area contributed by atoms with Gasteiger partial charge in [-0.3, -0.25) is 4.90 Å². The molecule has 30 heavy (non-hydrogen) atoms. The maximum atomic E-state index is 6.03. The molecule has 1 aromatic carbocycles. The van der Waals surface area contributed by atoms with E-state index in [0.29, 0.717) is 42.8 Å². The van der Waals surface area contributed by atoms with Crippen LogP contribution in [0.15, 0.2) is 16.7 Å². The first-order valence-corrected chi connectivity index (χ1v) is 10.1. The van der Waals surface area contributed by atoms with Crippen molar-refractivity contribution in [1.29, 1.82) is 0 Å². The van der Waals surface area contributed by atoms with Crippen LogP contribution in [0, 0.1) is 0 Å². The summed E-state index contributed by atoms with van der Waals surface area (Å²) in [4.78, 5) is 6.66. The smallest absolute Gasteiger partial charge is 0.252 e. The van der Waals surface area contributed by atoms with Crippen LogP contribution in [0.25, 0.3) is 0 Å². The molecule has 0 spiro atoms. The molecular formula is C21H31N3O6. The quantitative estimate of drug-likeness (QED) is 0.543. The zero-order valence-corrected chi connectivity index (χ0v) is 18.2. The minimum atomic E-state index is 0.249. The van der Waals surface area contributed by atoms with Gasteiger partial charge in [-0.15, -0.1) is 0 Å². The first kappa shape index (κ1) is 22.3. The summed E-state index contributed by atoms with van der Waals surface area (Å²) in [6.07, 6.45) is 2.85. The molecule has 0 amide bonds. The largest absolute Gasteiger partial charge is 0.496 e. The molecule has 1 aliphatic rings. The molecule has 1 fully saturated rings. The zero-order valence-electron chi connectivity index (χ0n) is 18.2. The molecule has 3 rings (SSSR count). The summed E-state index contributed by atoms with van der Waals surface area (Å²) in [5.41, 5.74) is 1.08. The van der Waals surface area contributed by atoms with E-state index < -0.39 is 0 Å². The number of piperidine rings is 1. The van der Waals surface area contributed by atoms with E-state index in [4.69, 9.17) is 28.2 Å². The van der Waals surface area contributed by atoms with Gasteiger partial charge in [0.1, 0.15) is 12.4 Å². The fraction of sp³-hybridized carbons (Fsp3) is 0.619. The number of nitrogens with zero attached hydrogens (tertiary/aromatic N) is 3. The first-order valence-electron chi connectivity index (χ1n) is 10.1.